The maximum Gasteiger partial charge on any atom is 0.0897 e. The maximum absolute atomic E-state index is 4.66. The molecule has 2 heterocycles. The number of aryl methyl sites for hydroxylation is 1. The first kappa shape index (κ1) is 13.5. The molecule has 4 heteroatoms. The lowest BCUT2D eigenvalue weighted by Crippen LogP contribution is -2.64. The molecule has 2 fully saturated rings. The summed E-state index contributed by atoms with van der Waals surface area (Å²) in [5.41, 5.74) is 1.67. The topological polar surface area (TPSA) is 28.2 Å². The normalized spacial score (nSPS) is 27.8. The van der Waals surface area contributed by atoms with Crippen molar-refractivity contribution in [3.63, 3.8) is 0 Å². The van der Waals surface area contributed by atoms with E-state index in [2.05, 4.69) is 34.4 Å². The third kappa shape index (κ3) is 2.86. The van der Waals surface area contributed by atoms with Crippen LogP contribution in [0.5, 0.6) is 0 Å². The zero-order chi connectivity index (χ0) is 13.3. The molecule has 1 aliphatic heterocycles. The highest BCUT2D eigenvalue weighted by Gasteiger charge is 2.41. The zero-order valence-electron chi connectivity index (χ0n) is 12.1. The van der Waals surface area contributed by atoms with Gasteiger partial charge in [0, 0.05) is 36.6 Å². The zero-order valence-corrected chi connectivity index (χ0v) is 12.9. The fourth-order valence-electron chi connectivity index (χ4n) is 3.68. The first-order valence-electron chi connectivity index (χ1n) is 7.57. The van der Waals surface area contributed by atoms with E-state index in [1.165, 1.54) is 42.8 Å². The summed E-state index contributed by atoms with van der Waals surface area (Å²) in [7, 11) is 0. The second-order valence-electron chi connectivity index (χ2n) is 6.31. The molecule has 1 atom stereocenters. The van der Waals surface area contributed by atoms with Gasteiger partial charge in [0.2, 0.25) is 0 Å². The fraction of sp³-hybridized carbons (Fsp3) is 0.800. The lowest BCUT2D eigenvalue weighted by Gasteiger charge is -2.51. The van der Waals surface area contributed by atoms with Crippen LogP contribution in [0.3, 0.4) is 0 Å². The molecule has 1 saturated heterocycles. The number of piperazine rings is 1. The van der Waals surface area contributed by atoms with Crippen molar-refractivity contribution in [3.8, 4) is 0 Å². The Kier molecular flexibility index (Phi) is 3.92. The van der Waals surface area contributed by atoms with E-state index in [4.69, 9.17) is 0 Å². The molecule has 19 heavy (non-hydrogen) atoms. The first-order valence-corrected chi connectivity index (χ1v) is 8.45. The highest BCUT2D eigenvalue weighted by Crippen LogP contribution is 2.36. The van der Waals surface area contributed by atoms with E-state index in [1.54, 1.807) is 11.3 Å². The van der Waals surface area contributed by atoms with E-state index in [1.807, 2.05) is 0 Å². The van der Waals surface area contributed by atoms with Crippen LogP contribution >= 0.6 is 11.3 Å². The van der Waals surface area contributed by atoms with Gasteiger partial charge in [-0.3, -0.25) is 4.90 Å². The van der Waals surface area contributed by atoms with Crippen molar-refractivity contribution in [1.29, 1.82) is 0 Å². The molecule has 2 aliphatic rings. The minimum absolute atomic E-state index is 0.405. The number of rotatable bonds is 2. The van der Waals surface area contributed by atoms with Gasteiger partial charge in [0.25, 0.3) is 0 Å². The van der Waals surface area contributed by atoms with Crippen molar-refractivity contribution in [2.45, 2.75) is 64.1 Å². The second-order valence-corrected chi connectivity index (χ2v) is 7.37. The molecular formula is C15H25N3S. The van der Waals surface area contributed by atoms with Crippen molar-refractivity contribution in [3.05, 3.63) is 16.1 Å². The lowest BCUT2D eigenvalue weighted by atomic mass is 9.78. The molecule has 1 spiro atoms. The average molecular weight is 279 g/mol. The predicted molar refractivity (Wildman–Crippen MR) is 80.5 cm³/mol. The third-order valence-electron chi connectivity index (χ3n) is 4.75. The van der Waals surface area contributed by atoms with Crippen LogP contribution in [-0.2, 0) is 6.54 Å². The molecule has 1 saturated carbocycles. The Hall–Kier alpha value is -0.450. The Bertz CT molecular complexity index is 423. The second kappa shape index (κ2) is 5.51. The van der Waals surface area contributed by atoms with Gasteiger partial charge >= 0.3 is 0 Å². The number of aromatic nitrogens is 1. The summed E-state index contributed by atoms with van der Waals surface area (Å²) in [4.78, 5) is 7.39. The van der Waals surface area contributed by atoms with Crippen LogP contribution in [-0.4, -0.2) is 34.6 Å². The van der Waals surface area contributed by atoms with Gasteiger partial charge in [-0.05, 0) is 26.7 Å². The van der Waals surface area contributed by atoms with E-state index in [0.717, 1.165) is 19.6 Å². The molecule has 106 valence electrons. The first-order chi connectivity index (χ1) is 9.18. The Balaban J connectivity index is 1.77. The Labute approximate surface area is 120 Å². The number of nitrogens with one attached hydrogen (secondary N) is 1. The SMILES string of the molecule is Cc1nc(CN2CC(C)NCC23CCCCC3)cs1. The van der Waals surface area contributed by atoms with Crippen LogP contribution in [0.4, 0.5) is 0 Å². The summed E-state index contributed by atoms with van der Waals surface area (Å²) < 4.78 is 0. The minimum Gasteiger partial charge on any atom is -0.311 e. The quantitative estimate of drug-likeness (QED) is 0.902. The van der Waals surface area contributed by atoms with Crippen molar-refractivity contribution in [1.82, 2.24) is 15.2 Å². The minimum atomic E-state index is 0.405. The fourth-order valence-corrected chi connectivity index (χ4v) is 4.28. The van der Waals surface area contributed by atoms with Crippen LogP contribution < -0.4 is 5.32 Å². The third-order valence-corrected chi connectivity index (χ3v) is 5.57. The van der Waals surface area contributed by atoms with Gasteiger partial charge in [-0.25, -0.2) is 4.98 Å². The summed E-state index contributed by atoms with van der Waals surface area (Å²) in [6.45, 7) is 7.77. The molecule has 1 N–H and O–H groups in total. The molecule has 0 radical (unpaired) electrons. The number of hydrogen-bond acceptors (Lipinski definition) is 4. The van der Waals surface area contributed by atoms with Gasteiger partial charge in [0.1, 0.15) is 0 Å². The lowest BCUT2D eigenvalue weighted by molar-refractivity contribution is 0.00540. The van der Waals surface area contributed by atoms with Crippen LogP contribution in [0.25, 0.3) is 0 Å². The van der Waals surface area contributed by atoms with Gasteiger partial charge in [-0.2, -0.15) is 0 Å². The Morgan fingerprint density at radius 3 is 2.89 bits per heavy atom. The van der Waals surface area contributed by atoms with E-state index >= 15 is 0 Å². The summed E-state index contributed by atoms with van der Waals surface area (Å²) in [6.07, 6.45) is 6.91. The molecule has 1 aromatic heterocycles. The Morgan fingerprint density at radius 2 is 2.21 bits per heavy atom. The summed E-state index contributed by atoms with van der Waals surface area (Å²) >= 11 is 1.78. The molecule has 1 aliphatic carbocycles. The highest BCUT2D eigenvalue weighted by molar-refractivity contribution is 7.09. The largest absolute Gasteiger partial charge is 0.311 e. The standard InChI is InChI=1S/C15H25N3S/c1-12-8-18(9-14-10-19-13(2)17-14)15(11-16-12)6-4-3-5-7-15/h10,12,16H,3-9,11H2,1-2H3. The van der Waals surface area contributed by atoms with Crippen LogP contribution in [0.2, 0.25) is 0 Å². The molecular weight excluding hydrogens is 254 g/mol. The molecule has 0 amide bonds. The molecule has 3 rings (SSSR count). The molecule has 3 nitrogen and oxygen atoms in total. The van der Waals surface area contributed by atoms with E-state index in [0.29, 0.717) is 11.6 Å². The van der Waals surface area contributed by atoms with Gasteiger partial charge in [0.05, 0.1) is 10.7 Å². The van der Waals surface area contributed by atoms with E-state index < -0.39 is 0 Å². The molecule has 0 bridgehead atoms. The maximum atomic E-state index is 4.66. The van der Waals surface area contributed by atoms with Crippen molar-refractivity contribution in [2.24, 2.45) is 0 Å². The number of hydrogen-bond donors (Lipinski definition) is 1. The van der Waals surface area contributed by atoms with Gasteiger partial charge in [-0.1, -0.05) is 19.3 Å². The van der Waals surface area contributed by atoms with Gasteiger partial charge < -0.3 is 5.32 Å². The van der Waals surface area contributed by atoms with Crippen LogP contribution in [0.15, 0.2) is 5.38 Å². The number of nitrogens with zero attached hydrogens (tertiary/aromatic N) is 2. The molecule has 1 aromatic rings. The van der Waals surface area contributed by atoms with Gasteiger partial charge in [-0.15, -0.1) is 11.3 Å². The summed E-state index contributed by atoms with van der Waals surface area (Å²) in [5.74, 6) is 0. The summed E-state index contributed by atoms with van der Waals surface area (Å²) in [5, 5.41) is 7.13. The predicted octanol–water partition coefficient (Wildman–Crippen LogP) is 2.95. The van der Waals surface area contributed by atoms with E-state index in [-0.39, 0.29) is 0 Å². The Morgan fingerprint density at radius 1 is 1.42 bits per heavy atom. The van der Waals surface area contributed by atoms with Crippen molar-refractivity contribution < 1.29 is 0 Å². The summed E-state index contributed by atoms with van der Waals surface area (Å²) in [6, 6.07) is 0.604. The van der Waals surface area contributed by atoms with E-state index in [9.17, 15) is 0 Å². The molecule has 1 unspecified atom stereocenters. The smallest absolute Gasteiger partial charge is 0.0897 e. The van der Waals surface area contributed by atoms with Crippen molar-refractivity contribution in [2.75, 3.05) is 13.1 Å². The molecule has 0 aromatic carbocycles. The van der Waals surface area contributed by atoms with Crippen LogP contribution in [0, 0.1) is 6.92 Å². The van der Waals surface area contributed by atoms with Gasteiger partial charge in [0.15, 0.2) is 0 Å². The van der Waals surface area contributed by atoms with Crippen LogP contribution in [0.1, 0.15) is 49.7 Å². The average Bonchev–Trinajstić information content (AvgIpc) is 2.81. The monoisotopic (exact) mass is 279 g/mol. The number of thiazole rings is 1. The van der Waals surface area contributed by atoms with Crippen molar-refractivity contribution >= 4 is 11.3 Å². The highest BCUT2D eigenvalue weighted by atomic mass is 32.1.